The van der Waals surface area contributed by atoms with E-state index in [9.17, 15) is 0 Å². The molecule has 1 aliphatic carbocycles. The lowest BCUT2D eigenvalue weighted by Gasteiger charge is -1.94. The fourth-order valence-electron chi connectivity index (χ4n) is 0.898. The van der Waals surface area contributed by atoms with Gasteiger partial charge in [-0.25, -0.2) is 0 Å². The summed E-state index contributed by atoms with van der Waals surface area (Å²) in [6, 6.07) is 0. The summed E-state index contributed by atoms with van der Waals surface area (Å²) in [6.45, 7) is 0. The zero-order valence-corrected chi connectivity index (χ0v) is 4.70. The van der Waals surface area contributed by atoms with E-state index in [1.165, 1.54) is 25.0 Å². The van der Waals surface area contributed by atoms with Crippen molar-refractivity contribution in [2.45, 2.75) is 19.3 Å². The summed E-state index contributed by atoms with van der Waals surface area (Å²) in [4.78, 5) is 0. The molecule has 1 nitrogen and oxygen atoms in total. The average Bonchev–Trinajstić information content (AvgIpc) is 2.14. The number of allylic oxidation sites excluding steroid dienone is 2. The van der Waals surface area contributed by atoms with Gasteiger partial charge < -0.3 is 5.32 Å². The lowest BCUT2D eigenvalue weighted by Crippen LogP contribution is -2.01. The fourth-order valence-corrected chi connectivity index (χ4v) is 0.898. The van der Waals surface area contributed by atoms with Crippen LogP contribution in [0.2, 0.25) is 0 Å². The zero-order valence-electron chi connectivity index (χ0n) is 4.70. The first-order valence-electron chi connectivity index (χ1n) is 2.80. The molecule has 0 aromatic heterocycles. The SMILES string of the molecule is CNC1=CCCC1. The Kier molecular flexibility index (Phi) is 1.35. The van der Waals surface area contributed by atoms with Gasteiger partial charge in [-0.2, -0.15) is 0 Å². The van der Waals surface area contributed by atoms with E-state index in [4.69, 9.17) is 0 Å². The summed E-state index contributed by atoms with van der Waals surface area (Å²) in [6.07, 6.45) is 6.14. The van der Waals surface area contributed by atoms with E-state index < -0.39 is 0 Å². The van der Waals surface area contributed by atoms with Gasteiger partial charge in [0.1, 0.15) is 0 Å². The Hall–Kier alpha value is -0.460. The molecular formula is C6H11N. The lowest BCUT2D eigenvalue weighted by molar-refractivity contribution is 0.847. The lowest BCUT2D eigenvalue weighted by atomic mass is 10.3. The van der Waals surface area contributed by atoms with Crippen molar-refractivity contribution >= 4 is 0 Å². The Morgan fingerprint density at radius 1 is 1.71 bits per heavy atom. The summed E-state index contributed by atoms with van der Waals surface area (Å²) >= 11 is 0. The summed E-state index contributed by atoms with van der Waals surface area (Å²) < 4.78 is 0. The van der Waals surface area contributed by atoms with Crippen LogP contribution in [0.5, 0.6) is 0 Å². The highest BCUT2D eigenvalue weighted by molar-refractivity contribution is 5.03. The van der Waals surface area contributed by atoms with Crippen LogP contribution in [-0.4, -0.2) is 7.05 Å². The Morgan fingerprint density at radius 2 is 2.57 bits per heavy atom. The highest BCUT2D eigenvalue weighted by Gasteiger charge is 1.98. The van der Waals surface area contributed by atoms with Crippen LogP contribution in [0.15, 0.2) is 11.8 Å². The van der Waals surface area contributed by atoms with Gasteiger partial charge in [0.05, 0.1) is 0 Å². The van der Waals surface area contributed by atoms with Crippen LogP contribution in [0, 0.1) is 0 Å². The molecule has 0 radical (unpaired) electrons. The molecule has 0 aliphatic heterocycles. The summed E-state index contributed by atoms with van der Waals surface area (Å²) in [5.41, 5.74) is 1.42. The number of hydrogen-bond acceptors (Lipinski definition) is 1. The Labute approximate surface area is 44.4 Å². The minimum Gasteiger partial charge on any atom is -0.392 e. The van der Waals surface area contributed by atoms with Crippen LogP contribution < -0.4 is 5.32 Å². The van der Waals surface area contributed by atoms with Gasteiger partial charge in [0, 0.05) is 12.7 Å². The van der Waals surface area contributed by atoms with E-state index in [0.29, 0.717) is 0 Å². The maximum Gasteiger partial charge on any atom is 0.00636 e. The number of hydrogen-bond donors (Lipinski definition) is 1. The van der Waals surface area contributed by atoms with Crippen LogP contribution in [0.25, 0.3) is 0 Å². The van der Waals surface area contributed by atoms with Gasteiger partial charge >= 0.3 is 0 Å². The predicted octanol–water partition coefficient (Wildman–Crippen LogP) is 1.27. The molecule has 1 rings (SSSR count). The van der Waals surface area contributed by atoms with E-state index >= 15 is 0 Å². The molecule has 0 atom stereocenters. The number of nitrogens with one attached hydrogen (secondary N) is 1. The van der Waals surface area contributed by atoms with Gasteiger partial charge in [-0.05, 0) is 19.3 Å². The molecule has 1 N–H and O–H groups in total. The molecule has 0 bridgehead atoms. The van der Waals surface area contributed by atoms with E-state index in [2.05, 4.69) is 11.4 Å². The highest BCUT2D eigenvalue weighted by Crippen LogP contribution is 2.13. The highest BCUT2D eigenvalue weighted by atomic mass is 14.8. The van der Waals surface area contributed by atoms with Crippen LogP contribution in [0.3, 0.4) is 0 Å². The second-order valence-corrected chi connectivity index (χ2v) is 1.87. The maximum atomic E-state index is 3.12. The molecule has 0 saturated carbocycles. The fraction of sp³-hybridized carbons (Fsp3) is 0.667. The molecule has 0 fully saturated rings. The van der Waals surface area contributed by atoms with Crippen LogP contribution in [0.4, 0.5) is 0 Å². The van der Waals surface area contributed by atoms with Crippen molar-refractivity contribution in [1.82, 2.24) is 5.32 Å². The summed E-state index contributed by atoms with van der Waals surface area (Å²) in [7, 11) is 1.98. The Morgan fingerprint density at radius 3 is 2.86 bits per heavy atom. The van der Waals surface area contributed by atoms with Crippen molar-refractivity contribution in [2.24, 2.45) is 0 Å². The quantitative estimate of drug-likeness (QED) is 0.519. The van der Waals surface area contributed by atoms with Crippen LogP contribution >= 0.6 is 0 Å². The first-order chi connectivity index (χ1) is 3.43. The zero-order chi connectivity index (χ0) is 5.11. The Balaban J connectivity index is 2.36. The van der Waals surface area contributed by atoms with Gasteiger partial charge in [-0.15, -0.1) is 0 Å². The summed E-state index contributed by atoms with van der Waals surface area (Å²) in [5.74, 6) is 0. The van der Waals surface area contributed by atoms with Gasteiger partial charge in [0.2, 0.25) is 0 Å². The largest absolute Gasteiger partial charge is 0.392 e. The smallest absolute Gasteiger partial charge is 0.00636 e. The molecule has 0 heterocycles. The minimum atomic E-state index is 1.26. The van der Waals surface area contributed by atoms with Crippen molar-refractivity contribution in [3.8, 4) is 0 Å². The third-order valence-corrected chi connectivity index (χ3v) is 1.36. The molecule has 0 amide bonds. The first-order valence-corrected chi connectivity index (χ1v) is 2.80. The monoisotopic (exact) mass is 97.1 g/mol. The molecule has 0 unspecified atom stereocenters. The van der Waals surface area contributed by atoms with Crippen LogP contribution in [-0.2, 0) is 0 Å². The van der Waals surface area contributed by atoms with Gasteiger partial charge in [-0.3, -0.25) is 0 Å². The van der Waals surface area contributed by atoms with E-state index in [1.807, 2.05) is 7.05 Å². The molecule has 0 spiro atoms. The molecule has 0 saturated heterocycles. The van der Waals surface area contributed by atoms with Crippen molar-refractivity contribution < 1.29 is 0 Å². The minimum absolute atomic E-state index is 1.26. The maximum absolute atomic E-state index is 3.12. The Bertz CT molecular complexity index is 84.2. The second-order valence-electron chi connectivity index (χ2n) is 1.87. The standard InChI is InChI=1S/C6H11N/c1-7-6-4-2-3-5-6/h4,7H,2-3,5H2,1H3. The van der Waals surface area contributed by atoms with E-state index in [0.717, 1.165) is 0 Å². The van der Waals surface area contributed by atoms with Crippen molar-refractivity contribution in [2.75, 3.05) is 7.05 Å². The second kappa shape index (κ2) is 2.01. The molecule has 7 heavy (non-hydrogen) atoms. The summed E-state index contributed by atoms with van der Waals surface area (Å²) in [5, 5.41) is 3.12. The van der Waals surface area contributed by atoms with E-state index in [1.54, 1.807) is 0 Å². The first kappa shape index (κ1) is 4.69. The molecular weight excluding hydrogens is 86.1 g/mol. The van der Waals surface area contributed by atoms with Gasteiger partial charge in [-0.1, -0.05) is 6.08 Å². The number of rotatable bonds is 1. The van der Waals surface area contributed by atoms with Crippen LogP contribution in [0.1, 0.15) is 19.3 Å². The topological polar surface area (TPSA) is 12.0 Å². The van der Waals surface area contributed by atoms with Crippen molar-refractivity contribution in [3.63, 3.8) is 0 Å². The third kappa shape index (κ3) is 0.952. The van der Waals surface area contributed by atoms with Crippen molar-refractivity contribution in [1.29, 1.82) is 0 Å². The molecule has 1 aliphatic rings. The normalized spacial score (nSPS) is 19.3. The molecule has 1 heteroatoms. The van der Waals surface area contributed by atoms with Gasteiger partial charge in [0.15, 0.2) is 0 Å². The molecule has 0 aromatic rings. The molecule has 40 valence electrons. The van der Waals surface area contributed by atoms with E-state index in [-0.39, 0.29) is 0 Å². The van der Waals surface area contributed by atoms with Gasteiger partial charge in [0.25, 0.3) is 0 Å². The average molecular weight is 97.2 g/mol. The van der Waals surface area contributed by atoms with Crippen molar-refractivity contribution in [3.05, 3.63) is 11.8 Å². The predicted molar refractivity (Wildman–Crippen MR) is 31.0 cm³/mol. The molecule has 0 aromatic carbocycles. The third-order valence-electron chi connectivity index (χ3n) is 1.36.